The lowest BCUT2D eigenvalue weighted by atomic mass is 10.1. The lowest BCUT2D eigenvalue weighted by Crippen LogP contribution is -2.02. The van der Waals surface area contributed by atoms with Crippen LogP contribution < -0.4 is 5.73 Å². The van der Waals surface area contributed by atoms with E-state index < -0.39 is 0 Å². The Kier molecular flexibility index (Phi) is 4.12. The number of aryl methyl sites for hydroxylation is 1. The van der Waals surface area contributed by atoms with Crippen LogP contribution in [0, 0.1) is 6.92 Å². The molecule has 0 aliphatic carbocycles. The Morgan fingerprint density at radius 1 is 1.29 bits per heavy atom. The summed E-state index contributed by atoms with van der Waals surface area (Å²) in [5, 5.41) is 0.919. The van der Waals surface area contributed by atoms with E-state index >= 15 is 0 Å². The lowest BCUT2D eigenvalue weighted by Gasteiger charge is -2.07. The second kappa shape index (κ2) is 5.80. The third-order valence-electron chi connectivity index (χ3n) is 2.43. The van der Waals surface area contributed by atoms with Crippen LogP contribution in [0.1, 0.15) is 11.1 Å². The highest BCUT2D eigenvalue weighted by atomic mass is 32.2. The maximum atomic E-state index is 5.55. The minimum Gasteiger partial charge on any atom is -0.330 e. The average Bonchev–Trinajstić information content (AvgIpc) is 2.34. The van der Waals surface area contributed by atoms with Crippen LogP contribution in [0.4, 0.5) is 0 Å². The molecule has 0 radical (unpaired) electrons. The summed E-state index contributed by atoms with van der Waals surface area (Å²) in [5.74, 6) is 0. The molecule has 1 heterocycles. The van der Waals surface area contributed by atoms with Gasteiger partial charge < -0.3 is 5.73 Å². The van der Waals surface area contributed by atoms with Crippen molar-refractivity contribution in [1.29, 1.82) is 0 Å². The molecular formula is C13H15N3S. The third-order valence-corrected chi connectivity index (χ3v) is 3.52. The zero-order valence-electron chi connectivity index (χ0n) is 9.76. The Labute approximate surface area is 105 Å². The number of hydrogen-bond donors (Lipinski definition) is 1. The first-order chi connectivity index (χ1) is 8.29. The molecule has 0 unspecified atom stereocenters. The predicted octanol–water partition coefficient (Wildman–Crippen LogP) is 2.44. The quantitative estimate of drug-likeness (QED) is 0.899. The maximum Gasteiger partial charge on any atom is 0.119 e. The van der Waals surface area contributed by atoms with E-state index in [1.807, 2.05) is 0 Å². The van der Waals surface area contributed by atoms with Gasteiger partial charge in [0.05, 0.1) is 6.20 Å². The highest BCUT2D eigenvalue weighted by Crippen LogP contribution is 2.28. The van der Waals surface area contributed by atoms with Crippen LogP contribution in [-0.2, 0) is 6.42 Å². The van der Waals surface area contributed by atoms with E-state index in [0.29, 0.717) is 6.54 Å². The fraction of sp³-hybridized carbons (Fsp3) is 0.231. The van der Waals surface area contributed by atoms with E-state index in [9.17, 15) is 0 Å². The highest BCUT2D eigenvalue weighted by molar-refractivity contribution is 7.99. The van der Waals surface area contributed by atoms with Crippen LogP contribution in [0.2, 0.25) is 0 Å². The summed E-state index contributed by atoms with van der Waals surface area (Å²) in [6, 6.07) is 6.43. The smallest absolute Gasteiger partial charge is 0.119 e. The highest BCUT2D eigenvalue weighted by Gasteiger charge is 2.03. The van der Waals surface area contributed by atoms with Crippen LogP contribution in [0.3, 0.4) is 0 Å². The zero-order chi connectivity index (χ0) is 12.1. The molecule has 0 aliphatic rings. The van der Waals surface area contributed by atoms with Crippen molar-refractivity contribution in [1.82, 2.24) is 9.97 Å². The van der Waals surface area contributed by atoms with Crippen molar-refractivity contribution in [3.05, 3.63) is 47.9 Å². The Hall–Kier alpha value is -1.39. The van der Waals surface area contributed by atoms with Crippen molar-refractivity contribution < 1.29 is 0 Å². The van der Waals surface area contributed by atoms with Crippen LogP contribution in [-0.4, -0.2) is 16.5 Å². The molecule has 1 aromatic heterocycles. The molecule has 2 rings (SSSR count). The van der Waals surface area contributed by atoms with E-state index in [2.05, 4.69) is 35.1 Å². The first-order valence-corrected chi connectivity index (χ1v) is 6.34. The first-order valence-electron chi connectivity index (χ1n) is 5.53. The number of rotatable bonds is 4. The summed E-state index contributed by atoms with van der Waals surface area (Å²) in [6.07, 6.45) is 6.09. The van der Waals surface area contributed by atoms with E-state index in [-0.39, 0.29) is 0 Å². The topological polar surface area (TPSA) is 51.8 Å². The van der Waals surface area contributed by atoms with Crippen molar-refractivity contribution in [2.75, 3.05) is 6.54 Å². The van der Waals surface area contributed by atoms with Gasteiger partial charge in [-0.25, -0.2) is 4.98 Å². The van der Waals surface area contributed by atoms with Gasteiger partial charge in [0.2, 0.25) is 0 Å². The zero-order valence-corrected chi connectivity index (χ0v) is 10.6. The van der Waals surface area contributed by atoms with Gasteiger partial charge >= 0.3 is 0 Å². The molecule has 2 aromatic rings. The molecular weight excluding hydrogens is 230 g/mol. The van der Waals surface area contributed by atoms with Crippen LogP contribution in [0.15, 0.2) is 46.7 Å². The average molecular weight is 245 g/mol. The Bertz CT molecular complexity index is 485. The number of nitrogens with two attached hydrogens (primary N) is 1. The normalized spacial score (nSPS) is 10.5. The molecule has 88 valence electrons. The first kappa shape index (κ1) is 12.1. The van der Waals surface area contributed by atoms with Gasteiger partial charge in [0.1, 0.15) is 5.03 Å². The minimum atomic E-state index is 0.691. The Balaban J connectivity index is 2.17. The van der Waals surface area contributed by atoms with E-state index in [0.717, 1.165) is 11.4 Å². The fourth-order valence-corrected chi connectivity index (χ4v) is 2.41. The summed E-state index contributed by atoms with van der Waals surface area (Å²) in [4.78, 5) is 9.53. The SMILES string of the molecule is Cc1cc(CCN)ccc1Sc1cnccn1. The summed E-state index contributed by atoms with van der Waals surface area (Å²) in [5.41, 5.74) is 8.09. The van der Waals surface area contributed by atoms with Gasteiger partial charge in [-0.15, -0.1) is 0 Å². The van der Waals surface area contributed by atoms with E-state index in [1.54, 1.807) is 30.4 Å². The summed E-state index contributed by atoms with van der Waals surface area (Å²) >= 11 is 1.64. The molecule has 0 bridgehead atoms. The minimum absolute atomic E-state index is 0.691. The molecule has 0 saturated heterocycles. The van der Waals surface area contributed by atoms with Crippen LogP contribution >= 0.6 is 11.8 Å². The van der Waals surface area contributed by atoms with Crippen molar-refractivity contribution in [2.24, 2.45) is 5.73 Å². The van der Waals surface area contributed by atoms with Crippen molar-refractivity contribution in [2.45, 2.75) is 23.3 Å². The number of hydrogen-bond acceptors (Lipinski definition) is 4. The van der Waals surface area contributed by atoms with E-state index in [1.165, 1.54) is 16.0 Å². The number of benzene rings is 1. The van der Waals surface area contributed by atoms with Gasteiger partial charge in [-0.05, 0) is 37.1 Å². The molecule has 0 aliphatic heterocycles. The van der Waals surface area contributed by atoms with Gasteiger partial charge in [-0.2, -0.15) is 0 Å². The molecule has 17 heavy (non-hydrogen) atoms. The number of aromatic nitrogens is 2. The second-order valence-corrected chi connectivity index (χ2v) is 4.85. The second-order valence-electron chi connectivity index (χ2n) is 3.78. The van der Waals surface area contributed by atoms with Gasteiger partial charge in [0, 0.05) is 17.3 Å². The maximum absolute atomic E-state index is 5.55. The van der Waals surface area contributed by atoms with Gasteiger partial charge in [0.25, 0.3) is 0 Å². The molecule has 0 saturated carbocycles. The van der Waals surface area contributed by atoms with Gasteiger partial charge in [-0.3, -0.25) is 4.98 Å². The monoisotopic (exact) mass is 245 g/mol. The van der Waals surface area contributed by atoms with Crippen molar-refractivity contribution >= 4 is 11.8 Å². The summed E-state index contributed by atoms with van der Waals surface area (Å²) < 4.78 is 0. The summed E-state index contributed by atoms with van der Waals surface area (Å²) in [6.45, 7) is 2.80. The number of nitrogens with zero attached hydrogens (tertiary/aromatic N) is 2. The molecule has 2 N–H and O–H groups in total. The molecule has 0 atom stereocenters. The molecule has 0 fully saturated rings. The third kappa shape index (κ3) is 3.28. The predicted molar refractivity (Wildman–Crippen MR) is 70.1 cm³/mol. The molecule has 4 heteroatoms. The summed E-state index contributed by atoms with van der Waals surface area (Å²) in [7, 11) is 0. The molecule has 3 nitrogen and oxygen atoms in total. The standard InChI is InChI=1S/C13H15N3S/c1-10-8-11(4-5-14)2-3-12(10)17-13-9-15-6-7-16-13/h2-3,6-9H,4-5,14H2,1H3. The van der Waals surface area contributed by atoms with Gasteiger partial charge in [-0.1, -0.05) is 23.9 Å². The fourth-order valence-electron chi connectivity index (χ4n) is 1.60. The van der Waals surface area contributed by atoms with Gasteiger partial charge in [0.15, 0.2) is 0 Å². The molecule has 1 aromatic carbocycles. The molecule has 0 amide bonds. The molecule has 0 spiro atoms. The Morgan fingerprint density at radius 3 is 2.82 bits per heavy atom. The van der Waals surface area contributed by atoms with Crippen molar-refractivity contribution in [3.63, 3.8) is 0 Å². The van der Waals surface area contributed by atoms with Crippen molar-refractivity contribution in [3.8, 4) is 0 Å². The Morgan fingerprint density at radius 2 is 2.18 bits per heavy atom. The largest absolute Gasteiger partial charge is 0.330 e. The van der Waals surface area contributed by atoms with Crippen LogP contribution in [0.5, 0.6) is 0 Å². The van der Waals surface area contributed by atoms with E-state index in [4.69, 9.17) is 5.73 Å². The van der Waals surface area contributed by atoms with Crippen LogP contribution in [0.25, 0.3) is 0 Å². The lowest BCUT2D eigenvalue weighted by molar-refractivity contribution is 0.962.